The minimum atomic E-state index is -1.17. The molecule has 4 nitrogen and oxygen atoms in total. The first kappa shape index (κ1) is 18.8. The molecule has 1 rings (SSSR count). The third kappa shape index (κ3) is 6.28. The van der Waals surface area contributed by atoms with Crippen LogP contribution in [0.1, 0.15) is 39.7 Å². The molecule has 0 spiro atoms. The predicted molar refractivity (Wildman–Crippen MR) is 90.8 cm³/mol. The number of hydrogen-bond donors (Lipinski definition) is 1. The van der Waals surface area contributed by atoms with E-state index < -0.39 is 11.0 Å². The number of ether oxygens (including phenoxy) is 1. The minimum absolute atomic E-state index is 0.0449. The van der Waals surface area contributed by atoms with Crippen molar-refractivity contribution in [2.75, 3.05) is 7.11 Å². The summed E-state index contributed by atoms with van der Waals surface area (Å²) in [4.78, 5) is 11.7. The molecule has 0 fully saturated rings. The molecule has 0 unspecified atom stereocenters. The summed E-state index contributed by atoms with van der Waals surface area (Å²) in [5, 5.41) is 0. The average molecular weight is 325 g/mol. The van der Waals surface area contributed by atoms with E-state index in [1.54, 1.807) is 0 Å². The molecule has 0 amide bonds. The van der Waals surface area contributed by atoms with Gasteiger partial charge in [-0.3, -0.25) is 4.79 Å². The van der Waals surface area contributed by atoms with E-state index in [0.717, 1.165) is 12.0 Å². The highest BCUT2D eigenvalue weighted by atomic mass is 32.2. The molecule has 0 aliphatic carbocycles. The Kier molecular flexibility index (Phi) is 7.23. The van der Waals surface area contributed by atoms with Crippen molar-refractivity contribution in [2.24, 2.45) is 5.92 Å². The lowest BCUT2D eigenvalue weighted by Gasteiger charge is -2.25. The van der Waals surface area contributed by atoms with Gasteiger partial charge in [0.15, 0.2) is 0 Å². The fraction of sp³-hybridized carbons (Fsp3) is 0.588. The second-order valence-corrected chi connectivity index (χ2v) is 8.54. The standard InChI is InChI=1S/C17H27NO3S/c1-13(16(19)21-5)11-15(18-22(20)17(2,3)4)12-14-9-7-6-8-10-14/h6-10,13,15,18H,11-12H2,1-5H3/t13-,15+,22+/m0/s1. The van der Waals surface area contributed by atoms with Crippen LogP contribution in [0.5, 0.6) is 0 Å². The molecule has 0 aliphatic heterocycles. The molecule has 0 aromatic heterocycles. The molecule has 0 radical (unpaired) electrons. The van der Waals surface area contributed by atoms with Crippen LogP contribution in [0.25, 0.3) is 0 Å². The molecule has 0 saturated heterocycles. The molecular weight excluding hydrogens is 298 g/mol. The Bertz CT molecular complexity index is 496. The van der Waals surface area contributed by atoms with Crippen molar-refractivity contribution in [2.45, 2.75) is 51.3 Å². The molecule has 3 atom stereocenters. The van der Waals surface area contributed by atoms with Crippen LogP contribution >= 0.6 is 0 Å². The van der Waals surface area contributed by atoms with Crippen molar-refractivity contribution in [1.29, 1.82) is 0 Å². The fourth-order valence-electron chi connectivity index (χ4n) is 2.12. The van der Waals surface area contributed by atoms with Gasteiger partial charge in [0, 0.05) is 6.04 Å². The van der Waals surface area contributed by atoms with Gasteiger partial charge in [-0.05, 0) is 39.2 Å². The lowest BCUT2D eigenvalue weighted by atomic mass is 9.97. The first-order valence-electron chi connectivity index (χ1n) is 7.54. The number of rotatable bonds is 7. The lowest BCUT2D eigenvalue weighted by molar-refractivity contribution is -0.145. The predicted octanol–water partition coefficient (Wildman–Crippen LogP) is 2.85. The highest BCUT2D eigenvalue weighted by Crippen LogP contribution is 2.16. The summed E-state index contributed by atoms with van der Waals surface area (Å²) in [5.41, 5.74) is 1.16. The zero-order valence-electron chi connectivity index (χ0n) is 14.1. The normalized spacial score (nSPS) is 15.9. The summed E-state index contributed by atoms with van der Waals surface area (Å²) in [6.07, 6.45) is 1.31. The molecule has 0 bridgehead atoms. The lowest BCUT2D eigenvalue weighted by Crippen LogP contribution is -2.42. The summed E-state index contributed by atoms with van der Waals surface area (Å²) in [7, 11) is 0.220. The minimum Gasteiger partial charge on any atom is -0.469 e. The molecular formula is C17H27NO3S. The van der Waals surface area contributed by atoms with Crippen LogP contribution in [-0.2, 0) is 26.9 Å². The van der Waals surface area contributed by atoms with Crippen LogP contribution in [0.4, 0.5) is 0 Å². The van der Waals surface area contributed by atoms with Gasteiger partial charge in [0.2, 0.25) is 0 Å². The molecule has 22 heavy (non-hydrogen) atoms. The van der Waals surface area contributed by atoms with Crippen LogP contribution in [-0.4, -0.2) is 28.1 Å². The second-order valence-electron chi connectivity index (χ2n) is 6.55. The van der Waals surface area contributed by atoms with E-state index in [0.29, 0.717) is 6.42 Å². The van der Waals surface area contributed by atoms with Crippen molar-refractivity contribution >= 4 is 17.0 Å². The number of benzene rings is 1. The van der Waals surface area contributed by atoms with E-state index in [-0.39, 0.29) is 22.7 Å². The van der Waals surface area contributed by atoms with Crippen molar-refractivity contribution in [3.8, 4) is 0 Å². The van der Waals surface area contributed by atoms with Gasteiger partial charge in [0.1, 0.15) is 0 Å². The Morgan fingerprint density at radius 3 is 2.36 bits per heavy atom. The van der Waals surface area contributed by atoms with Crippen molar-refractivity contribution < 1.29 is 13.7 Å². The Morgan fingerprint density at radius 2 is 1.86 bits per heavy atom. The van der Waals surface area contributed by atoms with Gasteiger partial charge in [-0.1, -0.05) is 37.3 Å². The SMILES string of the molecule is COC(=O)[C@@H](C)C[C@H](Cc1ccccc1)N[S@](=O)C(C)(C)C. The van der Waals surface area contributed by atoms with E-state index in [1.165, 1.54) is 7.11 Å². The largest absolute Gasteiger partial charge is 0.469 e. The summed E-state index contributed by atoms with van der Waals surface area (Å²) in [6.45, 7) is 7.63. The average Bonchev–Trinajstić information content (AvgIpc) is 2.46. The van der Waals surface area contributed by atoms with E-state index in [4.69, 9.17) is 4.74 Å². The molecule has 0 heterocycles. The highest BCUT2D eigenvalue weighted by Gasteiger charge is 2.26. The maximum absolute atomic E-state index is 12.4. The molecule has 1 aromatic carbocycles. The number of nitrogens with one attached hydrogen (secondary N) is 1. The maximum Gasteiger partial charge on any atom is 0.308 e. The van der Waals surface area contributed by atoms with E-state index in [9.17, 15) is 9.00 Å². The van der Waals surface area contributed by atoms with Gasteiger partial charge >= 0.3 is 5.97 Å². The number of esters is 1. The van der Waals surface area contributed by atoms with Gasteiger partial charge in [-0.2, -0.15) is 0 Å². The van der Waals surface area contributed by atoms with Gasteiger partial charge < -0.3 is 4.74 Å². The third-order valence-electron chi connectivity index (χ3n) is 3.40. The Morgan fingerprint density at radius 1 is 1.27 bits per heavy atom. The highest BCUT2D eigenvalue weighted by molar-refractivity contribution is 7.84. The Hall–Kier alpha value is -1.20. The summed E-state index contributed by atoms with van der Waals surface area (Å²) >= 11 is 0. The smallest absolute Gasteiger partial charge is 0.308 e. The van der Waals surface area contributed by atoms with Crippen LogP contribution in [0.3, 0.4) is 0 Å². The maximum atomic E-state index is 12.4. The zero-order valence-corrected chi connectivity index (χ0v) is 14.9. The number of hydrogen-bond acceptors (Lipinski definition) is 3. The third-order valence-corrected chi connectivity index (χ3v) is 5.06. The number of carbonyl (C=O) groups excluding carboxylic acids is 1. The monoisotopic (exact) mass is 325 g/mol. The number of methoxy groups -OCH3 is 1. The van der Waals surface area contributed by atoms with E-state index in [1.807, 2.05) is 58.0 Å². The van der Waals surface area contributed by atoms with E-state index in [2.05, 4.69) is 4.72 Å². The van der Waals surface area contributed by atoms with Gasteiger partial charge in [-0.25, -0.2) is 8.93 Å². The Labute approximate surface area is 136 Å². The number of carbonyl (C=O) groups is 1. The van der Waals surface area contributed by atoms with Crippen molar-refractivity contribution in [3.63, 3.8) is 0 Å². The molecule has 1 aromatic rings. The molecule has 124 valence electrons. The van der Waals surface area contributed by atoms with Crippen LogP contribution < -0.4 is 4.72 Å². The first-order chi connectivity index (χ1) is 10.2. The quantitative estimate of drug-likeness (QED) is 0.784. The van der Waals surface area contributed by atoms with Crippen molar-refractivity contribution in [1.82, 2.24) is 4.72 Å². The van der Waals surface area contributed by atoms with Gasteiger partial charge in [0.25, 0.3) is 0 Å². The molecule has 5 heteroatoms. The fourth-order valence-corrected chi connectivity index (χ4v) is 2.96. The molecule has 0 saturated carbocycles. The van der Waals surface area contributed by atoms with Crippen LogP contribution in [0, 0.1) is 5.92 Å². The Balaban J connectivity index is 2.80. The molecule has 1 N–H and O–H groups in total. The first-order valence-corrected chi connectivity index (χ1v) is 8.68. The van der Waals surface area contributed by atoms with Gasteiger partial charge in [-0.15, -0.1) is 0 Å². The summed E-state index contributed by atoms with van der Waals surface area (Å²) in [5.74, 6) is -0.468. The zero-order chi connectivity index (χ0) is 16.8. The van der Waals surface area contributed by atoms with Crippen molar-refractivity contribution in [3.05, 3.63) is 35.9 Å². The second kappa shape index (κ2) is 8.44. The van der Waals surface area contributed by atoms with Crippen LogP contribution in [0.2, 0.25) is 0 Å². The summed E-state index contributed by atoms with van der Waals surface area (Å²) in [6, 6.07) is 9.97. The summed E-state index contributed by atoms with van der Waals surface area (Å²) < 4.78 is 20.0. The van der Waals surface area contributed by atoms with Crippen LogP contribution in [0.15, 0.2) is 30.3 Å². The topological polar surface area (TPSA) is 55.4 Å². The van der Waals surface area contributed by atoms with E-state index >= 15 is 0 Å². The molecule has 0 aliphatic rings. The van der Waals surface area contributed by atoms with Gasteiger partial charge in [0.05, 0.1) is 28.8 Å².